The SMILES string of the molecule is CCN(Cc1cccc(C#N)c1F)CC(C)C(=O)O. The van der Waals surface area contributed by atoms with Crippen LogP contribution in [0.3, 0.4) is 0 Å². The van der Waals surface area contributed by atoms with Gasteiger partial charge in [0.25, 0.3) is 0 Å². The van der Waals surface area contributed by atoms with Gasteiger partial charge in [0, 0.05) is 18.7 Å². The lowest BCUT2D eigenvalue weighted by molar-refractivity contribution is -0.141. The predicted molar refractivity (Wildman–Crippen MR) is 68.9 cm³/mol. The lowest BCUT2D eigenvalue weighted by atomic mass is 10.1. The highest BCUT2D eigenvalue weighted by molar-refractivity contribution is 5.69. The highest BCUT2D eigenvalue weighted by atomic mass is 19.1. The van der Waals surface area contributed by atoms with Crippen molar-refractivity contribution in [2.75, 3.05) is 13.1 Å². The highest BCUT2D eigenvalue weighted by Crippen LogP contribution is 2.15. The van der Waals surface area contributed by atoms with E-state index in [9.17, 15) is 9.18 Å². The van der Waals surface area contributed by atoms with Crippen molar-refractivity contribution in [1.82, 2.24) is 4.90 Å². The summed E-state index contributed by atoms with van der Waals surface area (Å²) in [5.41, 5.74) is 0.429. The first kappa shape index (κ1) is 15.1. The van der Waals surface area contributed by atoms with Crippen molar-refractivity contribution in [3.05, 3.63) is 35.1 Å². The first-order valence-corrected chi connectivity index (χ1v) is 6.12. The van der Waals surface area contributed by atoms with Crippen LogP contribution in [0, 0.1) is 23.1 Å². The van der Waals surface area contributed by atoms with Gasteiger partial charge in [0.05, 0.1) is 11.5 Å². The molecule has 0 bridgehead atoms. The van der Waals surface area contributed by atoms with Crippen LogP contribution < -0.4 is 0 Å². The van der Waals surface area contributed by atoms with Crippen LogP contribution in [0.2, 0.25) is 0 Å². The summed E-state index contributed by atoms with van der Waals surface area (Å²) < 4.78 is 13.9. The fourth-order valence-electron chi connectivity index (χ4n) is 1.80. The summed E-state index contributed by atoms with van der Waals surface area (Å²) in [6, 6.07) is 6.47. The largest absolute Gasteiger partial charge is 0.481 e. The molecule has 0 fully saturated rings. The summed E-state index contributed by atoms with van der Waals surface area (Å²) in [4.78, 5) is 12.7. The van der Waals surface area contributed by atoms with E-state index in [0.717, 1.165) is 0 Å². The average Bonchev–Trinajstić information content (AvgIpc) is 2.39. The van der Waals surface area contributed by atoms with Gasteiger partial charge in [-0.2, -0.15) is 5.26 Å². The molecule has 0 radical (unpaired) electrons. The molecule has 0 saturated heterocycles. The molecule has 4 nitrogen and oxygen atoms in total. The number of carboxylic acid groups (broad SMARTS) is 1. The normalized spacial score (nSPS) is 12.2. The number of carboxylic acids is 1. The van der Waals surface area contributed by atoms with E-state index in [2.05, 4.69) is 0 Å². The molecule has 0 saturated carbocycles. The first-order chi connectivity index (χ1) is 8.99. The Morgan fingerprint density at radius 3 is 2.79 bits per heavy atom. The molecule has 1 aromatic rings. The van der Waals surface area contributed by atoms with E-state index < -0.39 is 17.7 Å². The molecule has 0 aromatic heterocycles. The van der Waals surface area contributed by atoms with E-state index in [-0.39, 0.29) is 5.56 Å². The Hall–Kier alpha value is -1.93. The highest BCUT2D eigenvalue weighted by Gasteiger charge is 2.17. The van der Waals surface area contributed by atoms with Crippen LogP contribution in [0.4, 0.5) is 4.39 Å². The molecule has 0 aliphatic rings. The summed E-state index contributed by atoms with van der Waals surface area (Å²) in [6.45, 7) is 4.78. The van der Waals surface area contributed by atoms with Gasteiger partial charge in [-0.1, -0.05) is 26.0 Å². The molecule has 0 aliphatic heterocycles. The minimum absolute atomic E-state index is 0.0137. The van der Waals surface area contributed by atoms with Gasteiger partial charge in [-0.3, -0.25) is 9.69 Å². The molecule has 0 heterocycles. The Kier molecular flexibility index (Phi) is 5.46. The van der Waals surface area contributed by atoms with Gasteiger partial charge in [-0.25, -0.2) is 4.39 Å². The van der Waals surface area contributed by atoms with Crippen molar-refractivity contribution < 1.29 is 14.3 Å². The fourth-order valence-corrected chi connectivity index (χ4v) is 1.80. The van der Waals surface area contributed by atoms with Crippen molar-refractivity contribution in [2.45, 2.75) is 20.4 Å². The lowest BCUT2D eigenvalue weighted by Gasteiger charge is -2.22. The number of hydrogen-bond acceptors (Lipinski definition) is 3. The van der Waals surface area contributed by atoms with Crippen LogP contribution in [0.25, 0.3) is 0 Å². The first-order valence-electron chi connectivity index (χ1n) is 6.12. The topological polar surface area (TPSA) is 64.3 Å². The summed E-state index contributed by atoms with van der Waals surface area (Å²) in [5.74, 6) is -1.90. The molecule has 102 valence electrons. The van der Waals surface area contributed by atoms with Crippen LogP contribution in [0.5, 0.6) is 0 Å². The molecule has 1 atom stereocenters. The molecule has 0 spiro atoms. The Morgan fingerprint density at radius 1 is 1.58 bits per heavy atom. The summed E-state index contributed by atoms with van der Waals surface area (Å²) in [6.07, 6.45) is 0. The Bertz CT molecular complexity index is 497. The minimum Gasteiger partial charge on any atom is -0.481 e. The molecule has 1 rings (SSSR count). The number of nitrogens with zero attached hydrogens (tertiary/aromatic N) is 2. The van der Waals surface area contributed by atoms with Crippen LogP contribution in [-0.2, 0) is 11.3 Å². The third-order valence-electron chi connectivity index (χ3n) is 2.99. The molecule has 1 unspecified atom stereocenters. The van der Waals surface area contributed by atoms with Gasteiger partial charge < -0.3 is 5.11 Å². The summed E-state index contributed by atoms with van der Waals surface area (Å²) in [5, 5.41) is 17.7. The molecule has 0 amide bonds. The molecule has 0 aliphatic carbocycles. The standard InChI is InChI=1S/C14H17FN2O2/c1-3-17(8-10(2)14(18)19)9-12-6-4-5-11(7-16)13(12)15/h4-6,10H,3,8-9H2,1-2H3,(H,18,19). The quantitative estimate of drug-likeness (QED) is 0.855. The van der Waals surface area contributed by atoms with Crippen molar-refractivity contribution in [3.63, 3.8) is 0 Å². The van der Waals surface area contributed by atoms with Gasteiger partial charge in [-0.05, 0) is 12.6 Å². The van der Waals surface area contributed by atoms with Crippen LogP contribution in [-0.4, -0.2) is 29.1 Å². The van der Waals surface area contributed by atoms with E-state index in [1.807, 2.05) is 11.8 Å². The lowest BCUT2D eigenvalue weighted by Crippen LogP contribution is -2.31. The van der Waals surface area contributed by atoms with Crippen LogP contribution in [0.1, 0.15) is 25.0 Å². The monoisotopic (exact) mass is 264 g/mol. The third-order valence-corrected chi connectivity index (χ3v) is 2.99. The zero-order valence-electron chi connectivity index (χ0n) is 11.1. The molecular weight excluding hydrogens is 247 g/mol. The number of nitriles is 1. The zero-order valence-corrected chi connectivity index (χ0v) is 11.1. The van der Waals surface area contributed by atoms with E-state index in [1.165, 1.54) is 6.07 Å². The maximum Gasteiger partial charge on any atom is 0.307 e. The second kappa shape index (κ2) is 6.86. The second-order valence-corrected chi connectivity index (χ2v) is 4.46. The maximum atomic E-state index is 13.9. The number of aliphatic carboxylic acids is 1. The van der Waals surface area contributed by atoms with Gasteiger partial charge in [0.15, 0.2) is 0 Å². The van der Waals surface area contributed by atoms with Gasteiger partial charge in [-0.15, -0.1) is 0 Å². The van der Waals surface area contributed by atoms with E-state index in [0.29, 0.717) is 25.2 Å². The number of hydrogen-bond donors (Lipinski definition) is 1. The molecular formula is C14H17FN2O2. The molecule has 19 heavy (non-hydrogen) atoms. The molecule has 1 aromatic carbocycles. The predicted octanol–water partition coefficient (Wildman–Crippen LogP) is 2.24. The van der Waals surface area contributed by atoms with Gasteiger partial charge in [0.1, 0.15) is 11.9 Å². The van der Waals surface area contributed by atoms with Gasteiger partial charge >= 0.3 is 5.97 Å². The molecule has 5 heteroatoms. The van der Waals surface area contributed by atoms with E-state index >= 15 is 0 Å². The average molecular weight is 264 g/mol. The summed E-state index contributed by atoms with van der Waals surface area (Å²) in [7, 11) is 0. The Balaban J connectivity index is 2.82. The van der Waals surface area contributed by atoms with Crippen molar-refractivity contribution in [1.29, 1.82) is 5.26 Å². The second-order valence-electron chi connectivity index (χ2n) is 4.46. The number of rotatable bonds is 6. The fraction of sp³-hybridized carbons (Fsp3) is 0.429. The Labute approximate surface area is 112 Å². The van der Waals surface area contributed by atoms with E-state index in [4.69, 9.17) is 10.4 Å². The van der Waals surface area contributed by atoms with Crippen LogP contribution in [0.15, 0.2) is 18.2 Å². The van der Waals surface area contributed by atoms with Crippen molar-refractivity contribution in [2.24, 2.45) is 5.92 Å². The molecule has 1 N–H and O–H groups in total. The third kappa shape index (κ3) is 4.04. The smallest absolute Gasteiger partial charge is 0.307 e. The zero-order chi connectivity index (χ0) is 14.4. The summed E-state index contributed by atoms with van der Waals surface area (Å²) >= 11 is 0. The minimum atomic E-state index is -0.871. The van der Waals surface area contributed by atoms with Crippen molar-refractivity contribution >= 4 is 5.97 Å². The Morgan fingerprint density at radius 2 is 2.26 bits per heavy atom. The number of carbonyl (C=O) groups is 1. The van der Waals surface area contributed by atoms with Gasteiger partial charge in [0.2, 0.25) is 0 Å². The van der Waals surface area contributed by atoms with E-state index in [1.54, 1.807) is 25.1 Å². The van der Waals surface area contributed by atoms with Crippen molar-refractivity contribution in [3.8, 4) is 6.07 Å². The number of benzene rings is 1. The maximum absolute atomic E-state index is 13.9. The number of halogens is 1. The van der Waals surface area contributed by atoms with Crippen LogP contribution >= 0.6 is 0 Å².